The number of pyridine rings is 1. The van der Waals surface area contributed by atoms with Crippen LogP contribution < -0.4 is 4.90 Å². The van der Waals surface area contributed by atoms with Crippen LogP contribution in [0.3, 0.4) is 0 Å². The van der Waals surface area contributed by atoms with Gasteiger partial charge in [-0.05, 0) is 57.3 Å². The standard InChI is InChI=1S/C37H25FN2/c38-34-20-11-21-35(39-34)40(29-14-5-2-6-15-29)37-32-18-9-7-16-30(32)36(31-17-8-10-19-33(31)37)28-24-22-27(23-25-28)26-12-3-1-4-13-26/h1-25H. The van der Waals surface area contributed by atoms with E-state index < -0.39 is 5.95 Å². The van der Waals surface area contributed by atoms with E-state index in [1.54, 1.807) is 6.07 Å². The summed E-state index contributed by atoms with van der Waals surface area (Å²) in [6, 6.07) is 51.1. The highest BCUT2D eigenvalue weighted by atomic mass is 19.1. The fourth-order valence-corrected chi connectivity index (χ4v) is 5.59. The second-order valence-electron chi connectivity index (χ2n) is 9.75. The molecule has 0 atom stereocenters. The van der Waals surface area contributed by atoms with Gasteiger partial charge in [-0.2, -0.15) is 4.39 Å². The summed E-state index contributed by atoms with van der Waals surface area (Å²) in [5, 5.41) is 4.39. The number of halogens is 1. The third-order valence-corrected chi connectivity index (χ3v) is 7.35. The average Bonchev–Trinajstić information content (AvgIpc) is 3.02. The zero-order chi connectivity index (χ0) is 26.9. The number of anilines is 3. The van der Waals surface area contributed by atoms with Crippen molar-refractivity contribution in [3.63, 3.8) is 0 Å². The van der Waals surface area contributed by atoms with Crippen molar-refractivity contribution in [3.05, 3.63) is 158 Å². The molecule has 0 N–H and O–H groups in total. The van der Waals surface area contributed by atoms with E-state index in [9.17, 15) is 4.39 Å². The molecule has 0 spiro atoms. The summed E-state index contributed by atoms with van der Waals surface area (Å²) in [5.41, 5.74) is 6.58. The van der Waals surface area contributed by atoms with E-state index in [1.165, 1.54) is 22.8 Å². The number of para-hydroxylation sites is 1. The van der Waals surface area contributed by atoms with Gasteiger partial charge in [-0.25, -0.2) is 4.98 Å². The van der Waals surface area contributed by atoms with E-state index in [-0.39, 0.29) is 0 Å². The van der Waals surface area contributed by atoms with Gasteiger partial charge in [0.25, 0.3) is 0 Å². The minimum Gasteiger partial charge on any atom is -0.294 e. The SMILES string of the molecule is Fc1cccc(N(c2ccccc2)c2c3ccccc3c(-c3ccc(-c4ccccc4)cc3)c3ccccc23)n1. The molecule has 7 aromatic rings. The Morgan fingerprint density at radius 3 is 1.52 bits per heavy atom. The summed E-state index contributed by atoms with van der Waals surface area (Å²) < 4.78 is 14.5. The molecule has 1 aromatic heterocycles. The van der Waals surface area contributed by atoms with Crippen LogP contribution in [0.15, 0.2) is 152 Å². The van der Waals surface area contributed by atoms with Gasteiger partial charge in [0.15, 0.2) is 0 Å². The quantitative estimate of drug-likeness (QED) is 0.167. The van der Waals surface area contributed by atoms with Crippen LogP contribution in [0.2, 0.25) is 0 Å². The topological polar surface area (TPSA) is 16.1 Å². The minimum atomic E-state index is -0.512. The highest BCUT2D eigenvalue weighted by Gasteiger charge is 2.22. The molecule has 0 aliphatic heterocycles. The van der Waals surface area contributed by atoms with Gasteiger partial charge >= 0.3 is 0 Å². The highest BCUT2D eigenvalue weighted by molar-refractivity contribution is 6.22. The maximum Gasteiger partial charge on any atom is 0.214 e. The van der Waals surface area contributed by atoms with Gasteiger partial charge in [0, 0.05) is 16.5 Å². The lowest BCUT2D eigenvalue weighted by molar-refractivity contribution is 0.584. The Morgan fingerprint density at radius 1 is 0.425 bits per heavy atom. The van der Waals surface area contributed by atoms with Gasteiger partial charge in [0.05, 0.1) is 5.69 Å². The van der Waals surface area contributed by atoms with Crippen LogP contribution >= 0.6 is 0 Å². The molecular weight excluding hydrogens is 491 g/mol. The lowest BCUT2D eigenvalue weighted by Gasteiger charge is -2.28. The molecule has 1 heterocycles. The van der Waals surface area contributed by atoms with Crippen LogP contribution in [0, 0.1) is 5.95 Å². The largest absolute Gasteiger partial charge is 0.294 e. The summed E-state index contributed by atoms with van der Waals surface area (Å²) in [4.78, 5) is 6.38. The summed E-state index contributed by atoms with van der Waals surface area (Å²) >= 11 is 0. The Kier molecular flexibility index (Phi) is 6.02. The highest BCUT2D eigenvalue weighted by Crippen LogP contribution is 2.47. The molecule has 7 rings (SSSR count). The first-order chi connectivity index (χ1) is 19.8. The molecule has 40 heavy (non-hydrogen) atoms. The Labute approximate surface area is 232 Å². The normalized spacial score (nSPS) is 11.1. The molecular formula is C37H25FN2. The van der Waals surface area contributed by atoms with Crippen LogP contribution in [0.4, 0.5) is 21.6 Å². The molecule has 0 radical (unpaired) electrons. The van der Waals surface area contributed by atoms with E-state index in [1.807, 2.05) is 42.5 Å². The van der Waals surface area contributed by atoms with Gasteiger partial charge < -0.3 is 0 Å². The molecule has 0 fully saturated rings. The van der Waals surface area contributed by atoms with Crippen molar-refractivity contribution < 1.29 is 4.39 Å². The number of rotatable bonds is 5. The molecule has 6 aromatic carbocycles. The number of nitrogens with zero attached hydrogens (tertiary/aromatic N) is 2. The van der Waals surface area contributed by atoms with Crippen molar-refractivity contribution >= 4 is 38.7 Å². The maximum absolute atomic E-state index is 14.5. The molecule has 0 aliphatic rings. The number of hydrogen-bond donors (Lipinski definition) is 0. The van der Waals surface area contributed by atoms with E-state index in [0.29, 0.717) is 5.82 Å². The van der Waals surface area contributed by atoms with Crippen LogP contribution in [-0.4, -0.2) is 4.98 Å². The lowest BCUT2D eigenvalue weighted by atomic mass is 9.89. The summed E-state index contributed by atoms with van der Waals surface area (Å²) in [5.74, 6) is 0.0173. The van der Waals surface area contributed by atoms with Crippen molar-refractivity contribution in [1.82, 2.24) is 4.98 Å². The van der Waals surface area contributed by atoms with Crippen molar-refractivity contribution in [2.24, 2.45) is 0 Å². The summed E-state index contributed by atoms with van der Waals surface area (Å²) in [6.07, 6.45) is 0. The van der Waals surface area contributed by atoms with Gasteiger partial charge in [-0.15, -0.1) is 0 Å². The molecule has 3 heteroatoms. The van der Waals surface area contributed by atoms with Gasteiger partial charge in [-0.3, -0.25) is 4.90 Å². The van der Waals surface area contributed by atoms with Crippen molar-refractivity contribution in [2.45, 2.75) is 0 Å². The third-order valence-electron chi connectivity index (χ3n) is 7.35. The van der Waals surface area contributed by atoms with E-state index in [2.05, 4.69) is 107 Å². The van der Waals surface area contributed by atoms with Crippen molar-refractivity contribution in [1.29, 1.82) is 0 Å². The van der Waals surface area contributed by atoms with E-state index in [0.717, 1.165) is 38.5 Å². The predicted octanol–water partition coefficient (Wildman–Crippen LogP) is 10.3. The van der Waals surface area contributed by atoms with Gasteiger partial charge in [-0.1, -0.05) is 127 Å². The first-order valence-corrected chi connectivity index (χ1v) is 13.3. The first kappa shape index (κ1) is 23.8. The Balaban J connectivity index is 1.52. The minimum absolute atomic E-state index is 0.512. The smallest absolute Gasteiger partial charge is 0.214 e. The average molecular weight is 517 g/mol. The first-order valence-electron chi connectivity index (χ1n) is 13.3. The van der Waals surface area contributed by atoms with Crippen LogP contribution in [-0.2, 0) is 0 Å². The lowest BCUT2D eigenvalue weighted by Crippen LogP contribution is -2.13. The van der Waals surface area contributed by atoms with Crippen LogP contribution in [0.5, 0.6) is 0 Å². The molecule has 0 bridgehead atoms. The van der Waals surface area contributed by atoms with Crippen molar-refractivity contribution in [3.8, 4) is 22.3 Å². The number of fused-ring (bicyclic) bond motifs is 2. The number of benzene rings is 6. The molecule has 0 unspecified atom stereocenters. The second-order valence-corrected chi connectivity index (χ2v) is 9.75. The molecule has 0 aliphatic carbocycles. The zero-order valence-electron chi connectivity index (χ0n) is 21.7. The summed E-state index contributed by atoms with van der Waals surface area (Å²) in [6.45, 7) is 0. The fourth-order valence-electron chi connectivity index (χ4n) is 5.59. The predicted molar refractivity (Wildman–Crippen MR) is 165 cm³/mol. The molecule has 2 nitrogen and oxygen atoms in total. The van der Waals surface area contributed by atoms with Gasteiger partial charge in [0.2, 0.25) is 5.95 Å². The monoisotopic (exact) mass is 516 g/mol. The Bertz CT molecular complexity index is 1890. The molecule has 0 saturated carbocycles. The third kappa shape index (κ3) is 4.18. The maximum atomic E-state index is 14.5. The molecule has 190 valence electrons. The Hall–Kier alpha value is -5.28. The van der Waals surface area contributed by atoms with Gasteiger partial charge in [0.1, 0.15) is 5.82 Å². The summed E-state index contributed by atoms with van der Waals surface area (Å²) in [7, 11) is 0. The number of hydrogen-bond acceptors (Lipinski definition) is 2. The fraction of sp³-hybridized carbons (Fsp3) is 0. The second kappa shape index (κ2) is 10.1. The molecule has 0 amide bonds. The van der Waals surface area contributed by atoms with Crippen LogP contribution in [0.1, 0.15) is 0 Å². The Morgan fingerprint density at radius 2 is 0.925 bits per heavy atom. The number of aromatic nitrogens is 1. The zero-order valence-corrected chi connectivity index (χ0v) is 21.7. The molecule has 0 saturated heterocycles. The van der Waals surface area contributed by atoms with Crippen LogP contribution in [0.25, 0.3) is 43.8 Å². The van der Waals surface area contributed by atoms with E-state index in [4.69, 9.17) is 0 Å². The van der Waals surface area contributed by atoms with E-state index >= 15 is 0 Å². The van der Waals surface area contributed by atoms with Crippen molar-refractivity contribution in [2.75, 3.05) is 4.90 Å².